The number of aromatic amines is 1. The summed E-state index contributed by atoms with van der Waals surface area (Å²) >= 11 is 0. The topological polar surface area (TPSA) is 112 Å². The first kappa shape index (κ1) is 22.7. The van der Waals surface area contributed by atoms with Gasteiger partial charge in [0.25, 0.3) is 11.5 Å². The fraction of sp³-hybridized carbons (Fsp3) is 0.357. The summed E-state index contributed by atoms with van der Waals surface area (Å²) in [7, 11) is 0. The standard InChI is InChI=1S/C28H29N5O3/c1-27(2,36)10-9-17-7-8-23-22(15-29-33(23)16-17)25(34)30-19-13-28(14-19)11-18(12-28)24-20-5-3-4-6-21(20)26(35)32-31-24/h3-10,15-16,18-19,36H,11-14H2,1-2H3,(H,30,34)(H,32,35)/b10-9+/t18-,19-,28?. The minimum Gasteiger partial charge on any atom is -0.386 e. The van der Waals surface area contributed by atoms with Crippen LogP contribution in [0.5, 0.6) is 0 Å². The molecule has 6 rings (SSSR count). The van der Waals surface area contributed by atoms with Crippen LogP contribution >= 0.6 is 0 Å². The number of fused-ring (bicyclic) bond motifs is 2. The Bertz CT molecular complexity index is 1560. The summed E-state index contributed by atoms with van der Waals surface area (Å²) in [6.07, 6.45) is 11.0. The SMILES string of the molecule is CC(C)(O)/C=C/c1ccc2c(C(=O)N[C@H]3CC4(C3)C[C@H](c3n[nH]c(=O)c5ccccc53)C4)cnn2c1. The highest BCUT2D eigenvalue weighted by Crippen LogP contribution is 2.62. The molecule has 3 heterocycles. The van der Waals surface area contributed by atoms with E-state index in [9.17, 15) is 14.7 Å². The number of carbonyl (C=O) groups excluding carboxylic acids is 1. The van der Waals surface area contributed by atoms with E-state index in [0.717, 1.165) is 47.8 Å². The molecule has 0 unspecified atom stereocenters. The zero-order valence-electron chi connectivity index (χ0n) is 20.4. The smallest absolute Gasteiger partial charge is 0.272 e. The van der Waals surface area contributed by atoms with Gasteiger partial charge >= 0.3 is 0 Å². The second kappa shape index (κ2) is 8.13. The summed E-state index contributed by atoms with van der Waals surface area (Å²) in [5.74, 6) is 0.233. The molecule has 1 aromatic carbocycles. The zero-order chi connectivity index (χ0) is 25.1. The summed E-state index contributed by atoms with van der Waals surface area (Å²) in [5.41, 5.74) is 2.39. The average molecular weight is 484 g/mol. The minimum absolute atomic E-state index is 0.103. The van der Waals surface area contributed by atoms with Gasteiger partial charge in [0.2, 0.25) is 0 Å². The van der Waals surface area contributed by atoms with Crippen LogP contribution in [0.4, 0.5) is 0 Å². The number of amides is 1. The quantitative estimate of drug-likeness (QED) is 0.400. The van der Waals surface area contributed by atoms with Gasteiger partial charge in [-0.15, -0.1) is 0 Å². The second-order valence-electron chi connectivity index (χ2n) is 11.0. The molecule has 0 bridgehead atoms. The van der Waals surface area contributed by atoms with Crippen LogP contribution in [-0.2, 0) is 0 Å². The molecule has 0 radical (unpaired) electrons. The van der Waals surface area contributed by atoms with Crippen LogP contribution in [0.15, 0.2) is 59.7 Å². The molecule has 2 saturated carbocycles. The van der Waals surface area contributed by atoms with Gasteiger partial charge < -0.3 is 10.4 Å². The summed E-state index contributed by atoms with van der Waals surface area (Å²) in [4.78, 5) is 25.1. The number of H-pyrrole nitrogens is 1. The van der Waals surface area contributed by atoms with Gasteiger partial charge in [0, 0.05) is 23.5 Å². The number of hydrogen-bond acceptors (Lipinski definition) is 5. The second-order valence-corrected chi connectivity index (χ2v) is 11.0. The zero-order valence-corrected chi connectivity index (χ0v) is 20.4. The molecule has 1 spiro atoms. The Labute approximate surface area is 208 Å². The van der Waals surface area contributed by atoms with E-state index < -0.39 is 5.60 Å². The molecular formula is C28H29N5O3. The van der Waals surface area contributed by atoms with Gasteiger partial charge in [0.15, 0.2) is 0 Å². The van der Waals surface area contributed by atoms with Gasteiger partial charge in [-0.2, -0.15) is 10.2 Å². The summed E-state index contributed by atoms with van der Waals surface area (Å²) in [6, 6.07) is 11.6. The predicted molar refractivity (Wildman–Crippen MR) is 138 cm³/mol. The largest absolute Gasteiger partial charge is 0.386 e. The third-order valence-electron chi connectivity index (χ3n) is 7.63. The highest BCUT2D eigenvalue weighted by Gasteiger charge is 2.54. The van der Waals surface area contributed by atoms with Crippen molar-refractivity contribution in [1.29, 1.82) is 0 Å². The van der Waals surface area contributed by atoms with Crippen molar-refractivity contribution >= 4 is 28.3 Å². The van der Waals surface area contributed by atoms with Crippen LogP contribution in [0, 0.1) is 5.41 Å². The number of nitrogens with one attached hydrogen (secondary N) is 2. The van der Waals surface area contributed by atoms with Crippen molar-refractivity contribution in [3.05, 3.63) is 82.0 Å². The Hall–Kier alpha value is -3.78. The molecular weight excluding hydrogens is 454 g/mol. The number of carbonyl (C=O) groups is 1. The number of hydrogen-bond donors (Lipinski definition) is 3. The average Bonchev–Trinajstić information content (AvgIpc) is 3.22. The van der Waals surface area contributed by atoms with Gasteiger partial charge in [-0.3, -0.25) is 9.59 Å². The van der Waals surface area contributed by atoms with E-state index in [1.165, 1.54) is 0 Å². The fourth-order valence-corrected chi connectivity index (χ4v) is 5.88. The Morgan fingerprint density at radius 1 is 1.17 bits per heavy atom. The lowest BCUT2D eigenvalue weighted by molar-refractivity contribution is -0.0196. The maximum absolute atomic E-state index is 13.0. The van der Waals surface area contributed by atoms with E-state index in [0.29, 0.717) is 16.9 Å². The Balaban J connectivity index is 1.08. The van der Waals surface area contributed by atoms with Gasteiger partial charge in [-0.1, -0.05) is 36.4 Å². The van der Waals surface area contributed by atoms with E-state index in [1.807, 2.05) is 48.7 Å². The maximum atomic E-state index is 13.0. The van der Waals surface area contributed by atoms with E-state index in [-0.39, 0.29) is 22.9 Å². The molecule has 8 nitrogen and oxygen atoms in total. The van der Waals surface area contributed by atoms with E-state index in [1.54, 1.807) is 30.6 Å². The predicted octanol–water partition coefficient (Wildman–Crippen LogP) is 3.81. The number of nitrogens with zero attached hydrogens (tertiary/aromatic N) is 3. The molecule has 0 atom stereocenters. The van der Waals surface area contributed by atoms with E-state index in [2.05, 4.69) is 20.6 Å². The molecule has 4 aromatic rings. The molecule has 0 saturated heterocycles. The number of aromatic nitrogens is 4. The van der Waals surface area contributed by atoms with Gasteiger partial charge in [-0.25, -0.2) is 9.61 Å². The molecule has 8 heteroatoms. The Kier molecular flexibility index (Phi) is 5.12. The molecule has 36 heavy (non-hydrogen) atoms. The lowest BCUT2D eigenvalue weighted by Crippen LogP contribution is -2.55. The molecule has 0 aliphatic heterocycles. The van der Waals surface area contributed by atoms with Gasteiger partial charge in [-0.05, 0) is 62.6 Å². The molecule has 3 N–H and O–H groups in total. The molecule has 3 aromatic heterocycles. The van der Waals surface area contributed by atoms with Crippen LogP contribution < -0.4 is 10.9 Å². The molecule has 1 amide bonds. The monoisotopic (exact) mass is 483 g/mol. The first-order valence-corrected chi connectivity index (χ1v) is 12.4. The molecule has 2 fully saturated rings. The third kappa shape index (κ3) is 4.01. The van der Waals surface area contributed by atoms with E-state index >= 15 is 0 Å². The van der Waals surface area contributed by atoms with Crippen molar-refractivity contribution in [3.63, 3.8) is 0 Å². The lowest BCUT2D eigenvalue weighted by Gasteiger charge is -2.57. The van der Waals surface area contributed by atoms with Crippen LogP contribution in [0.1, 0.15) is 67.1 Å². The van der Waals surface area contributed by atoms with Crippen LogP contribution in [0.2, 0.25) is 0 Å². The third-order valence-corrected chi connectivity index (χ3v) is 7.63. The summed E-state index contributed by atoms with van der Waals surface area (Å²) < 4.78 is 1.69. The Morgan fingerprint density at radius 2 is 1.92 bits per heavy atom. The van der Waals surface area contributed by atoms with Crippen LogP contribution in [0.25, 0.3) is 22.4 Å². The molecule has 2 aliphatic rings. The van der Waals surface area contributed by atoms with E-state index in [4.69, 9.17) is 0 Å². The first-order valence-electron chi connectivity index (χ1n) is 12.4. The highest BCUT2D eigenvalue weighted by atomic mass is 16.3. The first-order chi connectivity index (χ1) is 17.2. The van der Waals surface area contributed by atoms with Crippen molar-refractivity contribution in [1.82, 2.24) is 25.1 Å². The van der Waals surface area contributed by atoms with Crippen molar-refractivity contribution in [2.24, 2.45) is 5.41 Å². The fourth-order valence-electron chi connectivity index (χ4n) is 5.88. The summed E-state index contributed by atoms with van der Waals surface area (Å²) in [5, 5.41) is 26.1. The van der Waals surface area contributed by atoms with Gasteiger partial charge in [0.05, 0.1) is 34.0 Å². The van der Waals surface area contributed by atoms with Crippen molar-refractivity contribution in [3.8, 4) is 0 Å². The number of aliphatic hydroxyl groups is 1. The highest BCUT2D eigenvalue weighted by molar-refractivity contribution is 6.00. The lowest BCUT2D eigenvalue weighted by atomic mass is 9.49. The minimum atomic E-state index is -0.894. The normalized spacial score (nSPS) is 23.8. The van der Waals surface area contributed by atoms with Gasteiger partial charge in [0.1, 0.15) is 0 Å². The van der Waals surface area contributed by atoms with Crippen LogP contribution in [-0.4, -0.2) is 42.5 Å². The number of pyridine rings is 1. The van der Waals surface area contributed by atoms with Crippen molar-refractivity contribution in [2.45, 2.75) is 57.1 Å². The van der Waals surface area contributed by atoms with Crippen molar-refractivity contribution < 1.29 is 9.90 Å². The molecule has 2 aliphatic carbocycles. The summed E-state index contributed by atoms with van der Waals surface area (Å²) in [6.45, 7) is 3.44. The Morgan fingerprint density at radius 3 is 2.67 bits per heavy atom. The molecule has 184 valence electrons. The number of benzene rings is 1. The van der Waals surface area contributed by atoms with Crippen LogP contribution in [0.3, 0.4) is 0 Å². The number of rotatable bonds is 5. The maximum Gasteiger partial charge on any atom is 0.272 e. The van der Waals surface area contributed by atoms with Crippen molar-refractivity contribution in [2.75, 3.05) is 0 Å².